The average Bonchev–Trinajstić information content (AvgIpc) is 2.86. The zero-order valence-corrected chi connectivity index (χ0v) is 11.4. The van der Waals surface area contributed by atoms with Crippen LogP contribution in [0, 0.1) is 0 Å². The van der Waals surface area contributed by atoms with Gasteiger partial charge in [0.15, 0.2) is 0 Å². The molecule has 1 aromatic carbocycles. The fourth-order valence-corrected chi connectivity index (χ4v) is 3.04. The van der Waals surface area contributed by atoms with Gasteiger partial charge in [-0.05, 0) is 26.3 Å². The Morgan fingerprint density at radius 3 is 2.63 bits per heavy atom. The number of nitrogens with one attached hydrogen (secondary N) is 1. The summed E-state index contributed by atoms with van der Waals surface area (Å²) in [7, 11) is 0. The molecule has 1 atom stereocenters. The van der Waals surface area contributed by atoms with E-state index in [1.807, 2.05) is 18.2 Å². The van der Waals surface area contributed by atoms with Gasteiger partial charge in [-0.25, -0.2) is 9.95 Å². The van der Waals surface area contributed by atoms with Gasteiger partial charge in [0.2, 0.25) is 0 Å². The maximum atomic E-state index is 11.8. The van der Waals surface area contributed by atoms with Crippen molar-refractivity contribution in [1.82, 2.24) is 10.1 Å². The third kappa shape index (κ3) is 1.75. The molecule has 0 amide bonds. The van der Waals surface area contributed by atoms with Crippen molar-refractivity contribution >= 4 is 0 Å². The lowest BCUT2D eigenvalue weighted by Gasteiger charge is -2.34. The summed E-state index contributed by atoms with van der Waals surface area (Å²) in [6, 6.07) is 10.4. The van der Waals surface area contributed by atoms with Gasteiger partial charge in [-0.15, -0.1) is 0 Å². The highest BCUT2D eigenvalue weighted by atomic mass is 16.5. The van der Waals surface area contributed by atoms with Gasteiger partial charge in [-0.3, -0.25) is 4.90 Å². The second-order valence-electron chi connectivity index (χ2n) is 5.63. The number of rotatable bonds is 2. The van der Waals surface area contributed by atoms with Crippen LogP contribution in [0.4, 0.5) is 0 Å². The minimum absolute atomic E-state index is 0.0627. The third-order valence-electron chi connectivity index (χ3n) is 4.15. The summed E-state index contributed by atoms with van der Waals surface area (Å²) in [4.78, 5) is 14.1. The summed E-state index contributed by atoms with van der Waals surface area (Å²) < 4.78 is 4.93. The van der Waals surface area contributed by atoms with Crippen LogP contribution in [0.25, 0.3) is 0 Å². The standard InChI is InChI=1S/C15H18N2O2/c1-10-12-13(16-19-14(12)18)15(2,3)17(10)9-11-7-5-4-6-8-11/h4-8,10,16H,9H2,1-3H3. The molecule has 2 aromatic rings. The minimum atomic E-state index is -0.244. The molecule has 0 bridgehead atoms. The minimum Gasteiger partial charge on any atom is -0.338 e. The van der Waals surface area contributed by atoms with Crippen LogP contribution in [-0.2, 0) is 12.1 Å². The lowest BCUT2D eigenvalue weighted by molar-refractivity contribution is 0.0831. The Hall–Kier alpha value is -1.81. The number of H-pyrrole nitrogens is 1. The topological polar surface area (TPSA) is 49.2 Å². The van der Waals surface area contributed by atoms with E-state index in [9.17, 15) is 4.79 Å². The van der Waals surface area contributed by atoms with Crippen LogP contribution < -0.4 is 5.63 Å². The SMILES string of the molecule is CC1c2c([nH]oc2=O)C(C)(C)N1Cc1ccccc1. The van der Waals surface area contributed by atoms with Crippen molar-refractivity contribution in [3.05, 3.63) is 57.6 Å². The molecule has 1 N–H and O–H groups in total. The molecule has 0 spiro atoms. The van der Waals surface area contributed by atoms with Crippen molar-refractivity contribution in [2.45, 2.75) is 38.9 Å². The van der Waals surface area contributed by atoms with Crippen LogP contribution in [0.1, 0.15) is 43.6 Å². The lowest BCUT2D eigenvalue weighted by Crippen LogP contribution is -2.37. The number of nitrogens with zero attached hydrogens (tertiary/aromatic N) is 1. The van der Waals surface area contributed by atoms with Crippen LogP contribution in [0.2, 0.25) is 0 Å². The summed E-state index contributed by atoms with van der Waals surface area (Å²) in [5.41, 5.74) is 2.45. The van der Waals surface area contributed by atoms with Gasteiger partial charge in [0.25, 0.3) is 0 Å². The molecule has 1 aliphatic heterocycles. The largest absolute Gasteiger partial charge is 0.362 e. The molecule has 1 aliphatic rings. The second kappa shape index (κ2) is 4.10. The van der Waals surface area contributed by atoms with Crippen molar-refractivity contribution < 1.29 is 4.52 Å². The van der Waals surface area contributed by atoms with Crippen molar-refractivity contribution in [3.63, 3.8) is 0 Å². The number of aromatic nitrogens is 1. The molecule has 100 valence electrons. The van der Waals surface area contributed by atoms with Crippen LogP contribution in [-0.4, -0.2) is 10.1 Å². The molecular formula is C15H18N2O2. The zero-order chi connectivity index (χ0) is 13.6. The van der Waals surface area contributed by atoms with Crippen molar-refractivity contribution in [1.29, 1.82) is 0 Å². The summed E-state index contributed by atoms with van der Waals surface area (Å²) >= 11 is 0. The Balaban J connectivity index is 1.99. The van der Waals surface area contributed by atoms with E-state index in [4.69, 9.17) is 4.52 Å². The number of benzene rings is 1. The fourth-order valence-electron chi connectivity index (χ4n) is 3.04. The Labute approximate surface area is 112 Å². The molecule has 1 aromatic heterocycles. The molecule has 2 heterocycles. The Morgan fingerprint density at radius 2 is 2.00 bits per heavy atom. The normalized spacial score (nSPS) is 21.5. The first kappa shape index (κ1) is 12.2. The van der Waals surface area contributed by atoms with E-state index in [0.717, 1.165) is 17.8 Å². The van der Waals surface area contributed by atoms with Gasteiger partial charge >= 0.3 is 5.63 Å². The van der Waals surface area contributed by atoms with Gasteiger partial charge in [0, 0.05) is 12.6 Å². The first-order valence-corrected chi connectivity index (χ1v) is 6.54. The summed E-state index contributed by atoms with van der Waals surface area (Å²) in [6.45, 7) is 7.10. The van der Waals surface area contributed by atoms with Crippen molar-refractivity contribution in [2.75, 3.05) is 0 Å². The molecule has 19 heavy (non-hydrogen) atoms. The van der Waals surface area contributed by atoms with E-state index in [2.05, 4.69) is 43.0 Å². The molecular weight excluding hydrogens is 240 g/mol. The first-order chi connectivity index (χ1) is 9.01. The van der Waals surface area contributed by atoms with E-state index in [-0.39, 0.29) is 17.2 Å². The monoisotopic (exact) mass is 258 g/mol. The number of hydrogen-bond acceptors (Lipinski definition) is 3. The molecule has 0 saturated heterocycles. The van der Waals surface area contributed by atoms with E-state index in [0.29, 0.717) is 0 Å². The highest BCUT2D eigenvalue weighted by Gasteiger charge is 2.46. The maximum Gasteiger partial charge on any atom is 0.362 e. The maximum absolute atomic E-state index is 11.8. The third-order valence-corrected chi connectivity index (χ3v) is 4.15. The Kier molecular flexibility index (Phi) is 2.64. The predicted octanol–water partition coefficient (Wildman–Crippen LogP) is 2.78. The van der Waals surface area contributed by atoms with Gasteiger partial charge in [-0.2, -0.15) is 0 Å². The molecule has 4 heteroatoms. The van der Waals surface area contributed by atoms with E-state index in [1.165, 1.54) is 5.56 Å². The van der Waals surface area contributed by atoms with Gasteiger partial charge < -0.3 is 4.52 Å². The highest BCUT2D eigenvalue weighted by Crippen LogP contribution is 2.44. The number of fused-ring (bicyclic) bond motifs is 1. The van der Waals surface area contributed by atoms with Crippen LogP contribution in [0.5, 0.6) is 0 Å². The molecule has 3 rings (SSSR count). The Bertz CT molecular complexity index is 640. The summed E-state index contributed by atoms with van der Waals surface area (Å²) in [6.07, 6.45) is 0. The molecule has 4 nitrogen and oxygen atoms in total. The van der Waals surface area contributed by atoms with Gasteiger partial charge in [-0.1, -0.05) is 30.3 Å². The van der Waals surface area contributed by atoms with Crippen molar-refractivity contribution in [3.8, 4) is 0 Å². The molecule has 0 fully saturated rings. The van der Waals surface area contributed by atoms with E-state index in [1.54, 1.807) is 0 Å². The number of aromatic amines is 1. The van der Waals surface area contributed by atoms with E-state index >= 15 is 0 Å². The van der Waals surface area contributed by atoms with Crippen molar-refractivity contribution in [2.24, 2.45) is 0 Å². The smallest absolute Gasteiger partial charge is 0.338 e. The average molecular weight is 258 g/mol. The Morgan fingerprint density at radius 1 is 1.32 bits per heavy atom. The molecule has 0 radical (unpaired) electrons. The highest BCUT2D eigenvalue weighted by molar-refractivity contribution is 5.32. The molecule has 0 saturated carbocycles. The zero-order valence-electron chi connectivity index (χ0n) is 11.4. The fraction of sp³-hybridized carbons (Fsp3) is 0.400. The summed E-state index contributed by atoms with van der Waals surface area (Å²) in [5, 5.41) is 2.79. The molecule has 0 aliphatic carbocycles. The predicted molar refractivity (Wildman–Crippen MR) is 72.8 cm³/mol. The molecule has 1 unspecified atom stereocenters. The van der Waals surface area contributed by atoms with Crippen LogP contribution in [0.3, 0.4) is 0 Å². The van der Waals surface area contributed by atoms with Gasteiger partial charge in [0.1, 0.15) is 0 Å². The van der Waals surface area contributed by atoms with E-state index < -0.39 is 0 Å². The van der Waals surface area contributed by atoms with Crippen LogP contribution >= 0.6 is 0 Å². The first-order valence-electron chi connectivity index (χ1n) is 6.54. The number of hydrogen-bond donors (Lipinski definition) is 1. The second-order valence-corrected chi connectivity index (χ2v) is 5.63. The quantitative estimate of drug-likeness (QED) is 0.901. The lowest BCUT2D eigenvalue weighted by atomic mass is 10.0. The summed E-state index contributed by atoms with van der Waals surface area (Å²) in [5.74, 6) is 0. The van der Waals surface area contributed by atoms with Gasteiger partial charge in [0.05, 0.1) is 16.8 Å². The van der Waals surface area contributed by atoms with Crippen LogP contribution in [0.15, 0.2) is 39.6 Å².